The zero-order chi connectivity index (χ0) is 18.0. The summed E-state index contributed by atoms with van der Waals surface area (Å²) in [4.78, 5) is 2.22. The molecule has 0 bridgehead atoms. The monoisotopic (exact) mass is 398 g/mol. The van der Waals surface area contributed by atoms with Crippen LogP contribution in [0.2, 0.25) is 10.0 Å². The third-order valence-corrected chi connectivity index (χ3v) is 6.92. The van der Waals surface area contributed by atoms with E-state index in [0.717, 1.165) is 19.5 Å². The summed E-state index contributed by atoms with van der Waals surface area (Å²) >= 11 is 12.0. The molecule has 25 heavy (non-hydrogen) atoms. The molecule has 1 atom stereocenters. The van der Waals surface area contributed by atoms with Crippen molar-refractivity contribution >= 4 is 33.2 Å². The lowest BCUT2D eigenvalue weighted by atomic mass is 9.99. The Hall–Kier alpha value is -1.11. The number of nitrogens with one attached hydrogen (secondary N) is 1. The zero-order valence-corrected chi connectivity index (χ0v) is 16.2. The first kappa shape index (κ1) is 18.7. The van der Waals surface area contributed by atoms with Crippen LogP contribution in [0.25, 0.3) is 0 Å². The summed E-state index contributed by atoms with van der Waals surface area (Å²) < 4.78 is 27.8. The Bertz CT molecular complexity index is 851. The van der Waals surface area contributed by atoms with E-state index >= 15 is 0 Å². The molecule has 0 aliphatic carbocycles. The minimum absolute atomic E-state index is 0.0596. The molecule has 0 fully saturated rings. The van der Waals surface area contributed by atoms with Crippen molar-refractivity contribution in [2.24, 2.45) is 0 Å². The summed E-state index contributed by atoms with van der Waals surface area (Å²) in [5.74, 6) is 0. The van der Waals surface area contributed by atoms with Gasteiger partial charge in [-0.15, -0.1) is 0 Å². The second kappa shape index (κ2) is 7.64. The van der Waals surface area contributed by atoms with Crippen LogP contribution in [0.3, 0.4) is 0 Å². The first-order valence-corrected chi connectivity index (χ1v) is 10.4. The van der Waals surface area contributed by atoms with E-state index in [9.17, 15) is 8.42 Å². The second-order valence-corrected chi connectivity index (χ2v) is 8.76. The summed E-state index contributed by atoms with van der Waals surface area (Å²) in [6, 6.07) is 13.1. The third-order valence-electron chi connectivity index (χ3n) is 4.54. The second-order valence-electron chi connectivity index (χ2n) is 6.24. The standard InChI is InChI=1S/C18H20Cl2N2O2S/c1-13(22-10-9-14-5-2-3-6-15(14)12-22)11-21-25(23,24)18-16(19)7-4-8-17(18)20/h2-8,13,21H,9-12H2,1H3. The van der Waals surface area contributed by atoms with E-state index in [4.69, 9.17) is 23.2 Å². The molecule has 0 saturated carbocycles. The number of sulfonamides is 1. The largest absolute Gasteiger partial charge is 0.295 e. The van der Waals surface area contributed by atoms with Gasteiger partial charge in [0.05, 0.1) is 10.0 Å². The molecule has 7 heteroatoms. The van der Waals surface area contributed by atoms with Crippen LogP contribution in [0.15, 0.2) is 47.4 Å². The first-order chi connectivity index (χ1) is 11.9. The van der Waals surface area contributed by atoms with E-state index in [2.05, 4.69) is 27.8 Å². The smallest absolute Gasteiger partial charge is 0.243 e. The molecule has 3 rings (SSSR count). The van der Waals surface area contributed by atoms with Gasteiger partial charge in [-0.05, 0) is 36.6 Å². The molecular weight excluding hydrogens is 379 g/mol. The first-order valence-electron chi connectivity index (χ1n) is 8.13. The van der Waals surface area contributed by atoms with E-state index in [-0.39, 0.29) is 21.0 Å². The third kappa shape index (κ3) is 4.18. The molecule has 2 aromatic carbocycles. The van der Waals surface area contributed by atoms with Crippen molar-refractivity contribution in [2.75, 3.05) is 13.1 Å². The van der Waals surface area contributed by atoms with Crippen LogP contribution < -0.4 is 4.72 Å². The van der Waals surface area contributed by atoms with Crippen molar-refractivity contribution < 1.29 is 8.42 Å². The Labute approximate surface area is 158 Å². The quantitative estimate of drug-likeness (QED) is 0.834. The number of hydrogen-bond acceptors (Lipinski definition) is 3. The number of nitrogens with zero attached hydrogens (tertiary/aromatic N) is 1. The summed E-state index contributed by atoms with van der Waals surface area (Å²) in [7, 11) is -3.76. The molecule has 0 saturated heterocycles. The highest BCUT2D eigenvalue weighted by atomic mass is 35.5. The van der Waals surface area contributed by atoms with Gasteiger partial charge in [0.25, 0.3) is 0 Å². The van der Waals surface area contributed by atoms with Crippen LogP contribution in [0, 0.1) is 0 Å². The Morgan fingerprint density at radius 1 is 1.08 bits per heavy atom. The van der Waals surface area contributed by atoms with Gasteiger partial charge in [0, 0.05) is 25.7 Å². The lowest BCUT2D eigenvalue weighted by Gasteiger charge is -2.33. The maximum Gasteiger partial charge on any atom is 0.243 e. The van der Waals surface area contributed by atoms with Gasteiger partial charge in [-0.2, -0.15) is 0 Å². The van der Waals surface area contributed by atoms with Gasteiger partial charge < -0.3 is 0 Å². The van der Waals surface area contributed by atoms with Crippen molar-refractivity contribution in [3.8, 4) is 0 Å². The van der Waals surface area contributed by atoms with Gasteiger partial charge in [-0.25, -0.2) is 13.1 Å². The lowest BCUT2D eigenvalue weighted by molar-refractivity contribution is 0.192. The van der Waals surface area contributed by atoms with Crippen molar-refractivity contribution in [3.05, 3.63) is 63.6 Å². The summed E-state index contributed by atoms with van der Waals surface area (Å²) in [5, 5.41) is 0.249. The number of rotatable bonds is 5. The van der Waals surface area contributed by atoms with E-state index in [1.165, 1.54) is 23.3 Å². The molecule has 0 spiro atoms. The minimum Gasteiger partial charge on any atom is -0.295 e. The molecule has 1 aliphatic heterocycles. The van der Waals surface area contributed by atoms with Gasteiger partial charge >= 0.3 is 0 Å². The Kier molecular flexibility index (Phi) is 5.71. The highest BCUT2D eigenvalue weighted by Gasteiger charge is 2.25. The average molecular weight is 399 g/mol. The number of benzene rings is 2. The predicted molar refractivity (Wildman–Crippen MR) is 102 cm³/mol. The van der Waals surface area contributed by atoms with Crippen LogP contribution in [0.4, 0.5) is 0 Å². The maximum absolute atomic E-state index is 12.6. The van der Waals surface area contributed by atoms with Crippen LogP contribution in [0.1, 0.15) is 18.1 Å². The van der Waals surface area contributed by atoms with Gasteiger partial charge in [-0.1, -0.05) is 53.5 Å². The molecule has 0 aromatic heterocycles. The molecule has 1 unspecified atom stereocenters. The molecule has 134 valence electrons. The fourth-order valence-electron chi connectivity index (χ4n) is 3.06. The van der Waals surface area contributed by atoms with Crippen molar-refractivity contribution in [3.63, 3.8) is 0 Å². The Balaban J connectivity index is 1.67. The van der Waals surface area contributed by atoms with Crippen molar-refractivity contribution in [2.45, 2.75) is 30.8 Å². The van der Waals surface area contributed by atoms with Crippen LogP contribution in [-0.2, 0) is 23.0 Å². The summed E-state index contributed by atoms with van der Waals surface area (Å²) in [6.07, 6.45) is 0.976. The summed E-state index contributed by atoms with van der Waals surface area (Å²) in [6.45, 7) is 4.05. The maximum atomic E-state index is 12.6. The van der Waals surface area contributed by atoms with Crippen molar-refractivity contribution in [1.82, 2.24) is 9.62 Å². The molecule has 1 heterocycles. The average Bonchev–Trinajstić information content (AvgIpc) is 2.59. The van der Waals surface area contributed by atoms with Gasteiger partial charge in [-0.3, -0.25) is 4.90 Å². The summed E-state index contributed by atoms with van der Waals surface area (Å²) in [5.41, 5.74) is 2.67. The van der Waals surface area contributed by atoms with Crippen molar-refractivity contribution in [1.29, 1.82) is 0 Å². The van der Waals surface area contributed by atoms with Crippen LogP contribution in [0.5, 0.6) is 0 Å². The van der Waals surface area contributed by atoms with E-state index < -0.39 is 10.0 Å². The normalized spacial score (nSPS) is 16.4. The SMILES string of the molecule is CC(CNS(=O)(=O)c1c(Cl)cccc1Cl)N1CCc2ccccc2C1. The molecule has 1 N–H and O–H groups in total. The van der Waals surface area contributed by atoms with Gasteiger partial charge in [0.1, 0.15) is 4.90 Å². The molecule has 0 radical (unpaired) electrons. The topological polar surface area (TPSA) is 49.4 Å². The molecule has 0 amide bonds. The van der Waals surface area contributed by atoms with Crippen LogP contribution >= 0.6 is 23.2 Å². The van der Waals surface area contributed by atoms with E-state index in [0.29, 0.717) is 6.54 Å². The molecule has 1 aliphatic rings. The highest BCUT2D eigenvalue weighted by Crippen LogP contribution is 2.28. The zero-order valence-electron chi connectivity index (χ0n) is 13.9. The highest BCUT2D eigenvalue weighted by molar-refractivity contribution is 7.89. The Morgan fingerprint density at radius 3 is 2.40 bits per heavy atom. The minimum atomic E-state index is -3.76. The molecule has 4 nitrogen and oxygen atoms in total. The number of halogens is 2. The molecular formula is C18H20Cl2N2O2S. The van der Waals surface area contributed by atoms with E-state index in [1.807, 2.05) is 13.0 Å². The van der Waals surface area contributed by atoms with E-state index in [1.54, 1.807) is 6.07 Å². The lowest BCUT2D eigenvalue weighted by Crippen LogP contribution is -2.44. The number of fused-ring (bicyclic) bond motifs is 1. The predicted octanol–water partition coefficient (Wildman–Crippen LogP) is 3.72. The number of hydrogen-bond donors (Lipinski definition) is 1. The Morgan fingerprint density at radius 2 is 1.72 bits per heavy atom. The van der Waals surface area contributed by atoms with Gasteiger partial charge in [0.15, 0.2) is 0 Å². The van der Waals surface area contributed by atoms with Crippen LogP contribution in [-0.4, -0.2) is 32.4 Å². The fourth-order valence-corrected chi connectivity index (χ4v) is 5.33. The fraction of sp³-hybridized carbons (Fsp3) is 0.333. The molecule has 2 aromatic rings. The van der Waals surface area contributed by atoms with Gasteiger partial charge in [0.2, 0.25) is 10.0 Å².